The number of aryl methyl sites for hydroxylation is 1. The largest absolute Gasteiger partial charge is 0.318 e. The second-order valence-electron chi connectivity index (χ2n) is 2.36. The quantitative estimate of drug-likeness (QED) is 0.657. The molecule has 0 amide bonds. The summed E-state index contributed by atoms with van der Waals surface area (Å²) in [7, 11) is 0. The Hall–Kier alpha value is -0.0200. The monoisotopic (exact) mass is 220 g/mol. The molecule has 2 nitrogen and oxygen atoms in total. The van der Waals surface area contributed by atoms with Gasteiger partial charge >= 0.3 is 0 Å². The lowest BCUT2D eigenvalue weighted by Crippen LogP contribution is -1.90. The zero-order valence-corrected chi connectivity index (χ0v) is 7.61. The van der Waals surface area contributed by atoms with Gasteiger partial charge in [-0.15, -0.1) is 0 Å². The van der Waals surface area contributed by atoms with Crippen molar-refractivity contribution in [1.82, 2.24) is 9.55 Å². The van der Waals surface area contributed by atoms with E-state index < -0.39 is 0 Å². The van der Waals surface area contributed by atoms with Gasteiger partial charge in [-0.1, -0.05) is 11.6 Å². The Morgan fingerprint density at radius 1 is 1.60 bits per heavy atom. The van der Waals surface area contributed by atoms with Crippen molar-refractivity contribution < 1.29 is 0 Å². The predicted octanol–water partition coefficient (Wildman–Crippen LogP) is 2.25. The van der Waals surface area contributed by atoms with Crippen molar-refractivity contribution in [2.45, 2.75) is 19.4 Å². The molecule has 1 aromatic heterocycles. The third-order valence-corrected chi connectivity index (χ3v) is 2.89. The zero-order chi connectivity index (χ0) is 7.14. The Labute approximate surface area is 72.3 Å². The maximum atomic E-state index is 5.91. The van der Waals surface area contributed by atoms with Crippen molar-refractivity contribution in [3.63, 3.8) is 0 Å². The van der Waals surface area contributed by atoms with E-state index in [2.05, 4.69) is 20.9 Å². The summed E-state index contributed by atoms with van der Waals surface area (Å²) in [5.74, 6) is 1.11. The number of rotatable bonds is 0. The lowest BCUT2D eigenvalue weighted by Gasteiger charge is -1.94. The van der Waals surface area contributed by atoms with E-state index in [0.717, 1.165) is 28.5 Å². The minimum absolute atomic E-state index is 0.743. The van der Waals surface area contributed by atoms with E-state index in [9.17, 15) is 0 Å². The summed E-state index contributed by atoms with van der Waals surface area (Å²) in [6, 6.07) is 0. The van der Waals surface area contributed by atoms with Crippen LogP contribution in [0.3, 0.4) is 0 Å². The third kappa shape index (κ3) is 0.805. The molecular formula is C6H6BrClN2. The molecule has 2 heterocycles. The first-order valence-corrected chi connectivity index (χ1v) is 4.36. The highest BCUT2D eigenvalue weighted by atomic mass is 79.9. The number of fused-ring (bicyclic) bond motifs is 1. The van der Waals surface area contributed by atoms with Crippen LogP contribution in [0.4, 0.5) is 0 Å². The Morgan fingerprint density at radius 2 is 2.40 bits per heavy atom. The number of hydrogen-bond donors (Lipinski definition) is 0. The summed E-state index contributed by atoms with van der Waals surface area (Å²) in [5, 5.41) is 0.743. The highest BCUT2D eigenvalue weighted by molar-refractivity contribution is 9.10. The first-order valence-electron chi connectivity index (χ1n) is 3.19. The number of nitrogens with zero attached hydrogens (tertiary/aromatic N) is 2. The van der Waals surface area contributed by atoms with Crippen LogP contribution >= 0.6 is 27.5 Å². The van der Waals surface area contributed by atoms with Crippen LogP contribution in [0.5, 0.6) is 0 Å². The van der Waals surface area contributed by atoms with Gasteiger partial charge in [-0.05, 0) is 22.4 Å². The van der Waals surface area contributed by atoms with Crippen molar-refractivity contribution in [2.75, 3.05) is 0 Å². The predicted molar refractivity (Wildman–Crippen MR) is 43.3 cm³/mol. The molecule has 0 N–H and O–H groups in total. The van der Waals surface area contributed by atoms with Crippen LogP contribution in [0, 0.1) is 0 Å². The second-order valence-corrected chi connectivity index (χ2v) is 3.47. The van der Waals surface area contributed by atoms with Crippen molar-refractivity contribution >= 4 is 27.5 Å². The van der Waals surface area contributed by atoms with Gasteiger partial charge in [0.05, 0.1) is 0 Å². The van der Waals surface area contributed by atoms with Gasteiger partial charge in [-0.2, -0.15) is 0 Å². The smallest absolute Gasteiger partial charge is 0.143 e. The summed E-state index contributed by atoms with van der Waals surface area (Å²) in [4.78, 5) is 4.24. The fraction of sp³-hybridized carbons (Fsp3) is 0.500. The van der Waals surface area contributed by atoms with E-state index in [1.165, 1.54) is 6.42 Å². The van der Waals surface area contributed by atoms with Gasteiger partial charge in [0.25, 0.3) is 0 Å². The topological polar surface area (TPSA) is 17.8 Å². The molecule has 1 aliphatic rings. The number of hydrogen-bond acceptors (Lipinski definition) is 1. The number of imidazole rings is 1. The summed E-state index contributed by atoms with van der Waals surface area (Å²) in [6.45, 7) is 1.02. The maximum Gasteiger partial charge on any atom is 0.143 e. The molecular weight excluding hydrogens is 215 g/mol. The molecule has 0 bridgehead atoms. The SMILES string of the molecule is Clc1c(Br)nc2n1CCC2. The molecule has 4 heteroatoms. The Morgan fingerprint density at radius 3 is 3.10 bits per heavy atom. The van der Waals surface area contributed by atoms with E-state index in [4.69, 9.17) is 11.6 Å². The Kier molecular flexibility index (Phi) is 1.49. The molecule has 0 saturated heterocycles. The first kappa shape index (κ1) is 6.68. The lowest BCUT2D eigenvalue weighted by atomic mass is 10.4. The van der Waals surface area contributed by atoms with E-state index in [-0.39, 0.29) is 0 Å². The molecule has 0 saturated carbocycles. The molecule has 0 radical (unpaired) electrons. The molecule has 2 rings (SSSR count). The molecule has 1 aliphatic heterocycles. The maximum absolute atomic E-state index is 5.91. The van der Waals surface area contributed by atoms with Gasteiger partial charge in [0.2, 0.25) is 0 Å². The van der Waals surface area contributed by atoms with Crippen LogP contribution in [0.15, 0.2) is 4.60 Å². The Bertz CT molecular complexity index is 269. The van der Waals surface area contributed by atoms with Crippen LogP contribution in [0.25, 0.3) is 0 Å². The van der Waals surface area contributed by atoms with E-state index in [1.807, 2.05) is 4.57 Å². The Balaban J connectivity index is 2.59. The van der Waals surface area contributed by atoms with E-state index >= 15 is 0 Å². The third-order valence-electron chi connectivity index (χ3n) is 1.73. The van der Waals surface area contributed by atoms with Gasteiger partial charge in [-0.3, -0.25) is 0 Å². The van der Waals surface area contributed by atoms with Crippen molar-refractivity contribution in [2.24, 2.45) is 0 Å². The minimum Gasteiger partial charge on any atom is -0.318 e. The van der Waals surface area contributed by atoms with Gasteiger partial charge in [-0.25, -0.2) is 4.98 Å². The molecule has 54 valence electrons. The standard InChI is InChI=1S/C6H6BrClN2/c7-5-6(8)10-3-1-2-4(10)9-5/h1-3H2. The van der Waals surface area contributed by atoms with E-state index in [0.29, 0.717) is 0 Å². The van der Waals surface area contributed by atoms with Crippen molar-refractivity contribution in [3.8, 4) is 0 Å². The average molecular weight is 221 g/mol. The van der Waals surface area contributed by atoms with Crippen LogP contribution in [-0.4, -0.2) is 9.55 Å². The molecule has 0 aromatic carbocycles. The zero-order valence-electron chi connectivity index (χ0n) is 5.27. The van der Waals surface area contributed by atoms with Crippen LogP contribution in [-0.2, 0) is 13.0 Å². The van der Waals surface area contributed by atoms with Gasteiger partial charge in [0, 0.05) is 13.0 Å². The number of aromatic nitrogens is 2. The molecule has 1 aromatic rings. The highest BCUT2D eigenvalue weighted by Crippen LogP contribution is 2.27. The minimum atomic E-state index is 0.743. The number of halogens is 2. The van der Waals surface area contributed by atoms with Crippen molar-refractivity contribution in [1.29, 1.82) is 0 Å². The van der Waals surface area contributed by atoms with E-state index in [1.54, 1.807) is 0 Å². The normalized spacial score (nSPS) is 15.8. The molecule has 0 spiro atoms. The molecule has 0 fully saturated rings. The molecule has 0 atom stereocenters. The van der Waals surface area contributed by atoms with Crippen LogP contribution in [0.2, 0.25) is 5.15 Å². The fourth-order valence-corrected chi connectivity index (χ4v) is 1.90. The summed E-state index contributed by atoms with van der Waals surface area (Å²) in [6.07, 6.45) is 2.24. The van der Waals surface area contributed by atoms with Gasteiger partial charge in [0.1, 0.15) is 15.6 Å². The highest BCUT2D eigenvalue weighted by Gasteiger charge is 2.17. The summed E-state index contributed by atoms with van der Waals surface area (Å²) < 4.78 is 2.83. The second kappa shape index (κ2) is 2.24. The van der Waals surface area contributed by atoms with Crippen molar-refractivity contribution in [3.05, 3.63) is 15.6 Å². The first-order chi connectivity index (χ1) is 4.79. The average Bonchev–Trinajstić information content (AvgIpc) is 2.41. The molecule has 0 unspecified atom stereocenters. The van der Waals surface area contributed by atoms with Crippen LogP contribution < -0.4 is 0 Å². The van der Waals surface area contributed by atoms with Gasteiger partial charge in [0.15, 0.2) is 0 Å². The lowest BCUT2D eigenvalue weighted by molar-refractivity contribution is 0.749. The molecule has 10 heavy (non-hydrogen) atoms. The fourth-order valence-electron chi connectivity index (χ4n) is 1.26. The summed E-state index contributed by atoms with van der Waals surface area (Å²) in [5.41, 5.74) is 0. The van der Waals surface area contributed by atoms with Crippen LogP contribution in [0.1, 0.15) is 12.2 Å². The van der Waals surface area contributed by atoms with Gasteiger partial charge < -0.3 is 4.57 Å². The molecule has 0 aliphatic carbocycles. The summed E-state index contributed by atoms with van der Waals surface area (Å²) >= 11 is 9.19.